The third kappa shape index (κ3) is 6.99. The zero-order valence-corrected chi connectivity index (χ0v) is 12.5. The SMILES string of the molecule is CC.CC.CF.NC1CCC2(CCNC2)CC1. The van der Waals surface area contributed by atoms with Crippen molar-refractivity contribution in [3.05, 3.63) is 0 Å². The van der Waals surface area contributed by atoms with Crippen molar-refractivity contribution in [3.8, 4) is 0 Å². The van der Waals surface area contributed by atoms with E-state index in [0.717, 1.165) is 0 Å². The Morgan fingerprint density at radius 3 is 1.82 bits per heavy atom. The van der Waals surface area contributed by atoms with Crippen LogP contribution in [0.1, 0.15) is 59.8 Å². The molecule has 1 saturated heterocycles. The van der Waals surface area contributed by atoms with E-state index in [1.807, 2.05) is 27.7 Å². The third-order valence-electron chi connectivity index (χ3n) is 3.42. The van der Waals surface area contributed by atoms with Crippen molar-refractivity contribution in [3.63, 3.8) is 0 Å². The Hall–Kier alpha value is -0.150. The van der Waals surface area contributed by atoms with Crippen molar-refractivity contribution in [2.45, 2.75) is 65.8 Å². The lowest BCUT2D eigenvalue weighted by Gasteiger charge is -2.35. The van der Waals surface area contributed by atoms with Crippen molar-refractivity contribution in [1.29, 1.82) is 0 Å². The molecule has 1 heterocycles. The first-order valence-corrected chi connectivity index (χ1v) is 7.15. The fourth-order valence-electron chi connectivity index (χ4n) is 2.47. The molecule has 0 aromatic rings. The van der Waals surface area contributed by atoms with Gasteiger partial charge in [-0.15, -0.1) is 0 Å². The second-order valence-electron chi connectivity index (χ2n) is 4.26. The van der Waals surface area contributed by atoms with Gasteiger partial charge in [0.25, 0.3) is 0 Å². The Balaban J connectivity index is 0. The zero-order chi connectivity index (χ0) is 13.7. The van der Waals surface area contributed by atoms with E-state index >= 15 is 0 Å². The average Bonchev–Trinajstić information content (AvgIpc) is 2.89. The van der Waals surface area contributed by atoms with Gasteiger partial charge in [0.2, 0.25) is 0 Å². The van der Waals surface area contributed by atoms with Crippen LogP contribution < -0.4 is 11.1 Å². The molecule has 3 heteroatoms. The van der Waals surface area contributed by atoms with Crippen LogP contribution in [0.25, 0.3) is 0 Å². The van der Waals surface area contributed by atoms with Gasteiger partial charge in [0.1, 0.15) is 0 Å². The molecular weight excluding hydrogens is 215 g/mol. The van der Waals surface area contributed by atoms with Gasteiger partial charge in [0.15, 0.2) is 0 Å². The van der Waals surface area contributed by atoms with E-state index in [-0.39, 0.29) is 0 Å². The molecule has 3 N–H and O–H groups in total. The van der Waals surface area contributed by atoms with E-state index < -0.39 is 0 Å². The molecule has 1 aliphatic carbocycles. The molecule has 0 aromatic carbocycles. The molecule has 1 aliphatic heterocycles. The van der Waals surface area contributed by atoms with Crippen LogP contribution in [0.3, 0.4) is 0 Å². The van der Waals surface area contributed by atoms with Crippen LogP contribution in [0, 0.1) is 5.41 Å². The Morgan fingerprint density at radius 1 is 1.00 bits per heavy atom. The molecule has 0 radical (unpaired) electrons. The second kappa shape index (κ2) is 12.3. The molecule has 1 spiro atoms. The first-order chi connectivity index (χ1) is 8.31. The first kappa shape index (κ1) is 19.2. The Bertz CT molecular complexity index is 135. The van der Waals surface area contributed by atoms with E-state index in [9.17, 15) is 4.39 Å². The fourth-order valence-corrected chi connectivity index (χ4v) is 2.47. The highest BCUT2D eigenvalue weighted by Crippen LogP contribution is 2.40. The maximum Gasteiger partial charge on any atom is 0.0785 e. The number of halogens is 1. The average molecular weight is 248 g/mol. The predicted octanol–water partition coefficient (Wildman–Crippen LogP) is 3.51. The number of nitrogens with two attached hydrogens (primary N) is 1. The van der Waals surface area contributed by atoms with Crippen molar-refractivity contribution < 1.29 is 4.39 Å². The summed E-state index contributed by atoms with van der Waals surface area (Å²) in [6.45, 7) is 10.5. The van der Waals surface area contributed by atoms with Gasteiger partial charge in [-0.3, -0.25) is 4.39 Å². The quantitative estimate of drug-likeness (QED) is 0.688. The molecule has 0 unspecified atom stereocenters. The van der Waals surface area contributed by atoms with Gasteiger partial charge in [-0.05, 0) is 44.1 Å². The molecule has 2 nitrogen and oxygen atoms in total. The third-order valence-corrected chi connectivity index (χ3v) is 3.42. The lowest BCUT2D eigenvalue weighted by Crippen LogP contribution is -2.35. The van der Waals surface area contributed by atoms with Gasteiger partial charge in [-0.1, -0.05) is 27.7 Å². The van der Waals surface area contributed by atoms with Crippen molar-refractivity contribution in [2.24, 2.45) is 11.1 Å². The Labute approximate surface area is 108 Å². The van der Waals surface area contributed by atoms with Crippen molar-refractivity contribution in [2.75, 3.05) is 20.3 Å². The summed E-state index contributed by atoms with van der Waals surface area (Å²) < 4.78 is 9.50. The van der Waals surface area contributed by atoms with Crippen LogP contribution in [-0.2, 0) is 0 Å². The van der Waals surface area contributed by atoms with Crippen molar-refractivity contribution >= 4 is 0 Å². The minimum absolute atomic E-state index is 0.500. The summed E-state index contributed by atoms with van der Waals surface area (Å²) in [5.41, 5.74) is 6.53. The largest absolute Gasteiger partial charge is 0.328 e. The van der Waals surface area contributed by atoms with E-state index in [1.165, 1.54) is 45.2 Å². The molecule has 0 bridgehead atoms. The molecule has 1 saturated carbocycles. The molecule has 0 amide bonds. The summed E-state index contributed by atoms with van der Waals surface area (Å²) in [5, 5.41) is 3.46. The predicted molar refractivity (Wildman–Crippen MR) is 76.1 cm³/mol. The number of rotatable bonds is 0. The number of hydrogen-bond acceptors (Lipinski definition) is 2. The topological polar surface area (TPSA) is 38.0 Å². The standard InChI is InChI=1S/C9H18N2.2C2H6.CH3F/c10-8-1-3-9(4-2-8)5-6-11-7-9;3*1-2/h8,11H,1-7,10H2;2*1-2H3;1H3. The molecule has 106 valence electrons. The summed E-state index contributed by atoms with van der Waals surface area (Å²) in [4.78, 5) is 0. The lowest BCUT2D eigenvalue weighted by molar-refractivity contribution is 0.200. The zero-order valence-electron chi connectivity index (χ0n) is 12.5. The molecular formula is C14H33FN2. The highest BCUT2D eigenvalue weighted by molar-refractivity contribution is 4.92. The van der Waals surface area contributed by atoms with Crippen LogP contribution in [0.5, 0.6) is 0 Å². The smallest absolute Gasteiger partial charge is 0.0785 e. The normalized spacial score (nSPS) is 30.2. The summed E-state index contributed by atoms with van der Waals surface area (Å²) in [6.07, 6.45) is 6.62. The van der Waals surface area contributed by atoms with Gasteiger partial charge in [0, 0.05) is 12.6 Å². The minimum atomic E-state index is 0.500. The van der Waals surface area contributed by atoms with Crippen molar-refractivity contribution in [1.82, 2.24) is 5.32 Å². The lowest BCUT2D eigenvalue weighted by atomic mass is 9.72. The van der Waals surface area contributed by atoms with Crippen LogP contribution in [0.15, 0.2) is 0 Å². The highest BCUT2D eigenvalue weighted by Gasteiger charge is 2.36. The molecule has 2 rings (SSSR count). The van der Waals surface area contributed by atoms with E-state index in [1.54, 1.807) is 0 Å². The van der Waals surface area contributed by atoms with Gasteiger partial charge in [-0.2, -0.15) is 0 Å². The molecule has 2 aliphatic rings. The van der Waals surface area contributed by atoms with Crippen LogP contribution >= 0.6 is 0 Å². The van der Waals surface area contributed by atoms with E-state index in [0.29, 0.717) is 18.6 Å². The Kier molecular flexibility index (Phi) is 13.9. The second-order valence-corrected chi connectivity index (χ2v) is 4.26. The van der Waals surface area contributed by atoms with Gasteiger partial charge >= 0.3 is 0 Å². The number of alkyl halides is 1. The van der Waals surface area contributed by atoms with E-state index in [2.05, 4.69) is 5.32 Å². The first-order valence-electron chi connectivity index (χ1n) is 7.15. The number of hydrogen-bond donors (Lipinski definition) is 2. The number of nitrogens with one attached hydrogen (secondary N) is 1. The fraction of sp³-hybridized carbons (Fsp3) is 1.00. The van der Waals surface area contributed by atoms with Gasteiger partial charge in [0.05, 0.1) is 7.18 Å². The van der Waals surface area contributed by atoms with Gasteiger partial charge in [-0.25, -0.2) is 0 Å². The van der Waals surface area contributed by atoms with Crippen LogP contribution in [0.4, 0.5) is 4.39 Å². The summed E-state index contributed by atoms with van der Waals surface area (Å²) >= 11 is 0. The van der Waals surface area contributed by atoms with Crippen LogP contribution in [-0.4, -0.2) is 26.3 Å². The molecule has 0 atom stereocenters. The molecule has 17 heavy (non-hydrogen) atoms. The summed E-state index contributed by atoms with van der Waals surface area (Å²) in [7, 11) is 0.500. The summed E-state index contributed by atoms with van der Waals surface area (Å²) in [5.74, 6) is 0. The highest BCUT2D eigenvalue weighted by atomic mass is 19.1. The van der Waals surface area contributed by atoms with E-state index in [4.69, 9.17) is 5.73 Å². The molecule has 2 fully saturated rings. The summed E-state index contributed by atoms with van der Waals surface area (Å²) in [6, 6.07) is 0.501. The minimum Gasteiger partial charge on any atom is -0.328 e. The van der Waals surface area contributed by atoms with Gasteiger partial charge < -0.3 is 11.1 Å². The maximum atomic E-state index is 9.50. The maximum absolute atomic E-state index is 9.50. The monoisotopic (exact) mass is 248 g/mol. The molecule has 0 aromatic heterocycles. The Morgan fingerprint density at radius 2 is 1.47 bits per heavy atom. The van der Waals surface area contributed by atoms with Crippen LogP contribution in [0.2, 0.25) is 0 Å².